The fraction of sp³-hybridized carbons (Fsp3) is 0.286. The normalized spacial score (nSPS) is 11.9. The monoisotopic (exact) mass is 376 g/mol. The molecule has 0 aliphatic carbocycles. The summed E-state index contributed by atoms with van der Waals surface area (Å²) in [6, 6.07) is 9.57. The molecule has 27 heavy (non-hydrogen) atoms. The quantitative estimate of drug-likeness (QED) is 0.444. The second kappa shape index (κ2) is 7.47. The number of benzene rings is 2. The largest absolute Gasteiger partial charge is 0.508 e. The van der Waals surface area contributed by atoms with Crippen molar-refractivity contribution in [2.45, 2.75) is 38.8 Å². The third-order valence-corrected chi connectivity index (χ3v) is 4.47. The lowest BCUT2D eigenvalue weighted by molar-refractivity contribution is -0.137. The van der Waals surface area contributed by atoms with Crippen LogP contribution in [0, 0.1) is 0 Å². The Morgan fingerprint density at radius 1 is 1.00 bits per heavy atom. The van der Waals surface area contributed by atoms with Gasteiger partial charge in [0.1, 0.15) is 11.3 Å². The van der Waals surface area contributed by atoms with E-state index in [1.807, 2.05) is 6.92 Å². The first-order valence-corrected chi connectivity index (χ1v) is 8.77. The summed E-state index contributed by atoms with van der Waals surface area (Å²) in [4.78, 5) is 12.3. The van der Waals surface area contributed by atoms with E-state index in [9.17, 15) is 23.1 Å². The number of aryl methyl sites for hydroxylation is 1. The van der Waals surface area contributed by atoms with Crippen LogP contribution in [0.4, 0.5) is 13.2 Å². The fourth-order valence-electron chi connectivity index (χ4n) is 3.08. The van der Waals surface area contributed by atoms with E-state index in [0.29, 0.717) is 17.4 Å². The molecule has 2 aromatic carbocycles. The van der Waals surface area contributed by atoms with Crippen molar-refractivity contribution in [3.05, 3.63) is 64.0 Å². The van der Waals surface area contributed by atoms with Crippen LogP contribution >= 0.6 is 0 Å². The second-order valence-electron chi connectivity index (χ2n) is 6.50. The number of aromatic hydroxyl groups is 1. The number of alkyl halides is 3. The van der Waals surface area contributed by atoms with Crippen LogP contribution in [0.1, 0.15) is 37.3 Å². The molecule has 1 N–H and O–H groups in total. The molecule has 1 aromatic heterocycles. The molecule has 0 atom stereocenters. The fourth-order valence-corrected chi connectivity index (χ4v) is 3.08. The summed E-state index contributed by atoms with van der Waals surface area (Å²) < 4.78 is 46.0. The lowest BCUT2D eigenvalue weighted by Crippen LogP contribution is -2.12. The minimum atomic E-state index is -4.59. The molecular formula is C21H19F3O3. The van der Waals surface area contributed by atoms with Gasteiger partial charge < -0.3 is 9.52 Å². The van der Waals surface area contributed by atoms with Crippen molar-refractivity contribution in [3.8, 4) is 16.9 Å². The number of fused-ring (bicyclic) bond motifs is 1. The molecule has 0 spiro atoms. The third-order valence-electron chi connectivity index (χ3n) is 4.47. The van der Waals surface area contributed by atoms with E-state index in [4.69, 9.17) is 4.42 Å². The average Bonchev–Trinajstić information content (AvgIpc) is 2.60. The van der Waals surface area contributed by atoms with Crippen molar-refractivity contribution in [1.29, 1.82) is 0 Å². The molecule has 142 valence electrons. The van der Waals surface area contributed by atoms with Crippen LogP contribution in [0.5, 0.6) is 5.75 Å². The van der Waals surface area contributed by atoms with E-state index >= 15 is 0 Å². The van der Waals surface area contributed by atoms with Gasteiger partial charge in [-0.15, -0.1) is 0 Å². The molecule has 0 amide bonds. The number of hydrogen-bond acceptors (Lipinski definition) is 3. The average molecular weight is 376 g/mol. The van der Waals surface area contributed by atoms with Gasteiger partial charge in [-0.3, -0.25) is 0 Å². The predicted octanol–water partition coefficient (Wildman–Crippen LogP) is 5.92. The maximum Gasteiger partial charge on any atom is 0.417 e. The SMILES string of the molecule is CCCCCc1ccc(-c2cc3ccc(O)cc3oc2=O)c(C(F)(F)F)c1. The Morgan fingerprint density at radius 3 is 2.48 bits per heavy atom. The minimum Gasteiger partial charge on any atom is -0.508 e. The maximum atomic E-state index is 13.6. The van der Waals surface area contributed by atoms with Crippen molar-refractivity contribution >= 4 is 11.0 Å². The smallest absolute Gasteiger partial charge is 0.417 e. The van der Waals surface area contributed by atoms with Gasteiger partial charge in [0.15, 0.2) is 0 Å². The van der Waals surface area contributed by atoms with Gasteiger partial charge in [-0.2, -0.15) is 13.2 Å². The zero-order valence-corrected chi connectivity index (χ0v) is 14.8. The standard InChI is InChI=1S/C21H19F3O3/c1-2-3-4-5-13-6-9-16(18(10-13)21(22,23)24)17-11-14-7-8-15(25)12-19(14)27-20(17)26/h6-12,25H,2-5H2,1H3. The van der Waals surface area contributed by atoms with Gasteiger partial charge in [-0.05, 0) is 42.7 Å². The second-order valence-corrected chi connectivity index (χ2v) is 6.50. The highest BCUT2D eigenvalue weighted by molar-refractivity contribution is 5.83. The van der Waals surface area contributed by atoms with Crippen LogP contribution in [-0.2, 0) is 12.6 Å². The van der Waals surface area contributed by atoms with E-state index in [1.54, 1.807) is 6.07 Å². The number of halogens is 3. The van der Waals surface area contributed by atoms with Crippen molar-refractivity contribution in [2.75, 3.05) is 0 Å². The molecule has 0 unspecified atom stereocenters. The van der Waals surface area contributed by atoms with E-state index in [0.717, 1.165) is 25.3 Å². The molecule has 0 aliphatic rings. The molecule has 3 aromatic rings. The highest BCUT2D eigenvalue weighted by Crippen LogP contribution is 2.37. The number of rotatable bonds is 5. The number of unbranched alkanes of at least 4 members (excludes halogenated alkanes) is 2. The van der Waals surface area contributed by atoms with Crippen LogP contribution in [0.3, 0.4) is 0 Å². The van der Waals surface area contributed by atoms with E-state index < -0.39 is 17.4 Å². The lowest BCUT2D eigenvalue weighted by Gasteiger charge is -2.14. The van der Waals surface area contributed by atoms with E-state index in [2.05, 4.69) is 0 Å². The summed E-state index contributed by atoms with van der Waals surface area (Å²) in [5.74, 6) is -0.0918. The Hall–Kier alpha value is -2.76. The van der Waals surface area contributed by atoms with Crippen molar-refractivity contribution < 1.29 is 22.7 Å². The van der Waals surface area contributed by atoms with Crippen LogP contribution in [-0.4, -0.2) is 5.11 Å². The first-order valence-electron chi connectivity index (χ1n) is 8.77. The Labute approximate surface area is 154 Å². The zero-order valence-electron chi connectivity index (χ0n) is 14.8. The Kier molecular flexibility index (Phi) is 5.26. The van der Waals surface area contributed by atoms with Crippen molar-refractivity contribution in [3.63, 3.8) is 0 Å². The van der Waals surface area contributed by atoms with Crippen molar-refractivity contribution in [2.24, 2.45) is 0 Å². The summed E-state index contributed by atoms with van der Waals surface area (Å²) >= 11 is 0. The Morgan fingerprint density at radius 2 is 1.78 bits per heavy atom. The summed E-state index contributed by atoms with van der Waals surface area (Å²) in [6.45, 7) is 2.03. The minimum absolute atomic E-state index is 0.0918. The highest BCUT2D eigenvalue weighted by Gasteiger charge is 2.34. The molecule has 3 nitrogen and oxygen atoms in total. The molecule has 0 saturated carbocycles. The molecular weight excluding hydrogens is 357 g/mol. The molecule has 0 fully saturated rings. The maximum absolute atomic E-state index is 13.6. The van der Waals surface area contributed by atoms with Crippen LogP contribution < -0.4 is 5.63 Å². The van der Waals surface area contributed by atoms with Crippen molar-refractivity contribution in [1.82, 2.24) is 0 Å². The van der Waals surface area contributed by atoms with Crippen LogP contribution in [0.25, 0.3) is 22.1 Å². The van der Waals surface area contributed by atoms with Gasteiger partial charge in [0, 0.05) is 17.0 Å². The topological polar surface area (TPSA) is 50.4 Å². The molecule has 6 heteroatoms. The lowest BCUT2D eigenvalue weighted by atomic mass is 9.95. The molecule has 0 bridgehead atoms. The first-order chi connectivity index (χ1) is 12.8. The molecule has 0 aliphatic heterocycles. The van der Waals surface area contributed by atoms with Gasteiger partial charge in [0.25, 0.3) is 0 Å². The van der Waals surface area contributed by atoms with E-state index in [-0.39, 0.29) is 22.5 Å². The van der Waals surface area contributed by atoms with Gasteiger partial charge in [-0.25, -0.2) is 4.79 Å². The Bertz CT molecular complexity index is 1020. The number of hydrogen-bond donors (Lipinski definition) is 1. The highest BCUT2D eigenvalue weighted by atomic mass is 19.4. The van der Waals surface area contributed by atoms with Crippen LogP contribution in [0.2, 0.25) is 0 Å². The molecule has 0 saturated heterocycles. The summed E-state index contributed by atoms with van der Waals surface area (Å²) in [7, 11) is 0. The third kappa shape index (κ3) is 4.15. The van der Waals surface area contributed by atoms with Gasteiger partial charge in [-0.1, -0.05) is 31.9 Å². The van der Waals surface area contributed by atoms with E-state index in [1.165, 1.54) is 30.3 Å². The summed E-state index contributed by atoms with van der Waals surface area (Å²) in [6.07, 6.45) is -1.29. The Balaban J connectivity index is 2.12. The van der Waals surface area contributed by atoms with Gasteiger partial charge in [0.05, 0.1) is 11.1 Å². The first kappa shape index (κ1) is 19.0. The number of phenolic OH excluding ortho intramolecular Hbond substituents is 1. The van der Waals surface area contributed by atoms with Crippen LogP contribution in [0.15, 0.2) is 51.7 Å². The molecule has 3 rings (SSSR count). The van der Waals surface area contributed by atoms with Gasteiger partial charge >= 0.3 is 11.8 Å². The zero-order chi connectivity index (χ0) is 19.6. The molecule has 1 heterocycles. The van der Waals surface area contributed by atoms with Gasteiger partial charge in [0.2, 0.25) is 0 Å². The summed E-state index contributed by atoms with van der Waals surface area (Å²) in [5.41, 5.74) is -1.37. The number of phenols is 1. The predicted molar refractivity (Wildman–Crippen MR) is 97.8 cm³/mol. The molecule has 0 radical (unpaired) electrons. The summed E-state index contributed by atoms with van der Waals surface area (Å²) in [5, 5.41) is 9.90.